The van der Waals surface area contributed by atoms with E-state index in [1.54, 1.807) is 25.3 Å². The summed E-state index contributed by atoms with van der Waals surface area (Å²) >= 11 is 0. The van der Waals surface area contributed by atoms with E-state index in [1.807, 2.05) is 22.8 Å². The summed E-state index contributed by atoms with van der Waals surface area (Å²) in [6.45, 7) is 8.22. The van der Waals surface area contributed by atoms with Crippen molar-refractivity contribution in [1.82, 2.24) is 29.8 Å². The Morgan fingerprint density at radius 3 is 2.79 bits per heavy atom. The normalized spacial score (nSPS) is 19.0. The molecule has 0 spiro atoms. The second-order valence-corrected chi connectivity index (χ2v) is 9.20. The maximum Gasteiger partial charge on any atom is 0.147 e. The van der Waals surface area contributed by atoms with Crippen LogP contribution in [0.5, 0.6) is 0 Å². The van der Waals surface area contributed by atoms with E-state index < -0.39 is 6.17 Å². The van der Waals surface area contributed by atoms with Gasteiger partial charge in [0, 0.05) is 43.2 Å². The molecule has 0 saturated carbocycles. The maximum atomic E-state index is 15.5. The van der Waals surface area contributed by atoms with Gasteiger partial charge in [-0.25, -0.2) is 28.7 Å². The highest BCUT2D eigenvalue weighted by atomic mass is 19.1. The van der Waals surface area contributed by atoms with Crippen molar-refractivity contribution in [3.05, 3.63) is 59.7 Å². The Labute approximate surface area is 199 Å². The maximum absolute atomic E-state index is 15.5. The van der Waals surface area contributed by atoms with E-state index in [0.717, 1.165) is 35.0 Å². The van der Waals surface area contributed by atoms with Gasteiger partial charge in [-0.3, -0.25) is 0 Å². The Bertz CT molecular complexity index is 1110. The number of hydrogen-bond acceptors (Lipinski definition) is 6. The van der Waals surface area contributed by atoms with Crippen LogP contribution in [0.4, 0.5) is 14.6 Å². The van der Waals surface area contributed by atoms with Crippen LogP contribution < -0.4 is 10.7 Å². The molecule has 0 aliphatic carbocycles. The summed E-state index contributed by atoms with van der Waals surface area (Å²) in [5, 5.41) is 5.04. The zero-order chi connectivity index (χ0) is 24.2. The van der Waals surface area contributed by atoms with E-state index in [9.17, 15) is 4.39 Å². The topological polar surface area (TPSA) is 70.9 Å². The molecule has 0 bridgehead atoms. The Kier molecular flexibility index (Phi) is 7.53. The number of benzene rings is 1. The van der Waals surface area contributed by atoms with Crippen LogP contribution in [0.3, 0.4) is 0 Å². The van der Waals surface area contributed by atoms with Crippen LogP contribution in [0.15, 0.2) is 36.9 Å². The van der Waals surface area contributed by atoms with Gasteiger partial charge in [0.05, 0.1) is 18.2 Å². The lowest BCUT2D eigenvalue weighted by Gasteiger charge is -2.35. The van der Waals surface area contributed by atoms with Crippen molar-refractivity contribution in [2.45, 2.75) is 51.7 Å². The van der Waals surface area contributed by atoms with E-state index >= 15 is 4.39 Å². The average Bonchev–Trinajstić information content (AvgIpc) is 3.23. The number of piperidine rings is 1. The van der Waals surface area contributed by atoms with Crippen molar-refractivity contribution >= 4 is 5.82 Å². The Morgan fingerprint density at radius 2 is 2.09 bits per heavy atom. The number of aromatic nitrogens is 4. The number of rotatable bonds is 8. The first-order valence-corrected chi connectivity index (χ1v) is 11.8. The summed E-state index contributed by atoms with van der Waals surface area (Å²) in [6, 6.07) is 4.97. The van der Waals surface area contributed by atoms with Gasteiger partial charge in [-0.1, -0.05) is 13.8 Å². The smallest absolute Gasteiger partial charge is 0.147 e. The summed E-state index contributed by atoms with van der Waals surface area (Å²) in [5.74, 6) is 1.16. The second kappa shape index (κ2) is 10.6. The number of hydrazine groups is 1. The SMILES string of the molecule is CNCCn1cc(-c2ccc(F)c(C)c2)nc1C1CCN(Nc2ncncc2C(C)C)C[C@H]1F. The van der Waals surface area contributed by atoms with Crippen LogP contribution in [-0.2, 0) is 6.54 Å². The van der Waals surface area contributed by atoms with Gasteiger partial charge in [0.25, 0.3) is 0 Å². The largest absolute Gasteiger partial charge is 0.333 e. The van der Waals surface area contributed by atoms with Gasteiger partial charge in [-0.05, 0) is 50.1 Å². The van der Waals surface area contributed by atoms with Crippen molar-refractivity contribution in [2.75, 3.05) is 32.1 Å². The summed E-state index contributed by atoms with van der Waals surface area (Å²) in [7, 11) is 1.89. The molecule has 0 radical (unpaired) electrons. The van der Waals surface area contributed by atoms with E-state index in [2.05, 4.69) is 34.6 Å². The first kappa shape index (κ1) is 24.2. The predicted octanol–water partition coefficient (Wildman–Crippen LogP) is 4.28. The molecule has 3 heterocycles. The molecule has 1 aliphatic rings. The first-order valence-electron chi connectivity index (χ1n) is 11.8. The Hall–Kier alpha value is -2.91. The highest BCUT2D eigenvalue weighted by molar-refractivity contribution is 5.60. The monoisotopic (exact) mass is 469 g/mol. The minimum absolute atomic E-state index is 0.232. The molecule has 1 aliphatic heterocycles. The fourth-order valence-corrected chi connectivity index (χ4v) is 4.38. The van der Waals surface area contributed by atoms with Crippen LogP contribution in [0.1, 0.15) is 49.1 Å². The number of hydrogen-bond donors (Lipinski definition) is 2. The molecule has 1 fully saturated rings. The van der Waals surface area contributed by atoms with Gasteiger partial charge >= 0.3 is 0 Å². The molecule has 2 atom stereocenters. The van der Waals surface area contributed by atoms with Gasteiger partial charge < -0.3 is 15.3 Å². The number of nitrogens with one attached hydrogen (secondary N) is 2. The summed E-state index contributed by atoms with van der Waals surface area (Å²) in [5.41, 5.74) is 6.44. The van der Waals surface area contributed by atoms with Crippen LogP contribution in [0, 0.1) is 12.7 Å². The fraction of sp³-hybridized carbons (Fsp3) is 0.480. The Balaban J connectivity index is 1.54. The van der Waals surface area contributed by atoms with Gasteiger partial charge in [-0.2, -0.15) is 0 Å². The average molecular weight is 470 g/mol. The van der Waals surface area contributed by atoms with Crippen molar-refractivity contribution in [2.24, 2.45) is 0 Å². The number of halogens is 2. The second-order valence-electron chi connectivity index (χ2n) is 9.20. The number of nitrogens with zero attached hydrogens (tertiary/aromatic N) is 5. The third kappa shape index (κ3) is 5.26. The molecule has 1 aromatic carbocycles. The highest BCUT2D eigenvalue weighted by Gasteiger charge is 2.34. The van der Waals surface area contributed by atoms with Gasteiger partial charge in [0.1, 0.15) is 30.0 Å². The van der Waals surface area contributed by atoms with Crippen molar-refractivity contribution in [1.29, 1.82) is 0 Å². The molecule has 4 rings (SSSR count). The third-order valence-electron chi connectivity index (χ3n) is 6.36. The van der Waals surface area contributed by atoms with Crippen LogP contribution in [-0.4, -0.2) is 57.4 Å². The van der Waals surface area contributed by atoms with E-state index in [4.69, 9.17) is 4.98 Å². The van der Waals surface area contributed by atoms with E-state index in [1.165, 1.54) is 12.4 Å². The predicted molar refractivity (Wildman–Crippen MR) is 130 cm³/mol. The zero-order valence-corrected chi connectivity index (χ0v) is 20.2. The molecule has 9 heteroatoms. The number of aryl methyl sites for hydroxylation is 1. The third-order valence-corrected chi connectivity index (χ3v) is 6.36. The van der Waals surface area contributed by atoms with E-state index in [0.29, 0.717) is 25.1 Å². The van der Waals surface area contributed by atoms with Crippen molar-refractivity contribution < 1.29 is 8.78 Å². The molecule has 2 aromatic heterocycles. The molecule has 1 unspecified atom stereocenters. The highest BCUT2D eigenvalue weighted by Crippen LogP contribution is 2.33. The lowest BCUT2D eigenvalue weighted by atomic mass is 9.94. The molecule has 3 aromatic rings. The summed E-state index contributed by atoms with van der Waals surface area (Å²) < 4.78 is 31.3. The summed E-state index contributed by atoms with van der Waals surface area (Å²) in [4.78, 5) is 13.3. The van der Waals surface area contributed by atoms with Crippen LogP contribution >= 0.6 is 0 Å². The van der Waals surface area contributed by atoms with Gasteiger partial charge in [-0.15, -0.1) is 0 Å². The van der Waals surface area contributed by atoms with Crippen LogP contribution in [0.25, 0.3) is 11.3 Å². The molecular formula is C25H33F2N7. The van der Waals surface area contributed by atoms with Crippen LogP contribution in [0.2, 0.25) is 0 Å². The molecule has 7 nitrogen and oxygen atoms in total. The van der Waals surface area contributed by atoms with Gasteiger partial charge in [0.2, 0.25) is 0 Å². The molecular weight excluding hydrogens is 436 g/mol. The fourth-order valence-electron chi connectivity index (χ4n) is 4.38. The lowest BCUT2D eigenvalue weighted by Crippen LogP contribution is -2.44. The minimum atomic E-state index is -1.09. The minimum Gasteiger partial charge on any atom is -0.333 e. The van der Waals surface area contributed by atoms with Crippen molar-refractivity contribution in [3.63, 3.8) is 0 Å². The number of likely N-dealkylation sites (N-methyl/N-ethyl adjacent to an activating group) is 1. The standard InChI is InChI=1S/C25H33F2N7/c1-16(2)20-12-29-15-30-24(20)32-34-9-7-19(22(27)13-34)25-31-23(14-33(25)10-8-28-4)18-5-6-21(26)17(3)11-18/h5-6,11-12,14-16,19,22,28H,7-10,13H2,1-4H3,(H,29,30,32)/t19?,22-/m1/s1. The van der Waals surface area contributed by atoms with Gasteiger partial charge in [0.15, 0.2) is 0 Å². The number of imidazole rings is 1. The number of anilines is 1. The molecule has 2 N–H and O–H groups in total. The molecule has 1 saturated heterocycles. The number of alkyl halides is 1. The van der Waals surface area contributed by atoms with E-state index in [-0.39, 0.29) is 24.2 Å². The zero-order valence-electron chi connectivity index (χ0n) is 20.2. The van der Waals surface area contributed by atoms with Crippen molar-refractivity contribution in [3.8, 4) is 11.3 Å². The molecule has 0 amide bonds. The lowest BCUT2D eigenvalue weighted by molar-refractivity contribution is 0.132. The quantitative estimate of drug-likeness (QED) is 0.513. The summed E-state index contributed by atoms with van der Waals surface area (Å²) in [6.07, 6.45) is 4.78. The molecule has 182 valence electrons. The Morgan fingerprint density at radius 1 is 1.26 bits per heavy atom. The molecule has 34 heavy (non-hydrogen) atoms. The first-order chi connectivity index (χ1) is 16.4.